The first-order chi connectivity index (χ1) is 9.62. The van der Waals surface area contributed by atoms with Crippen molar-refractivity contribution in [2.45, 2.75) is 23.0 Å². The second kappa shape index (κ2) is 7.14. The molecule has 1 aliphatic rings. The summed E-state index contributed by atoms with van der Waals surface area (Å²) in [6.07, 6.45) is 2.23. The Kier molecular flexibility index (Phi) is 5.49. The van der Waals surface area contributed by atoms with Crippen LogP contribution in [0.3, 0.4) is 0 Å². The molecule has 1 aliphatic heterocycles. The zero-order valence-corrected chi connectivity index (χ0v) is 12.6. The van der Waals surface area contributed by atoms with Gasteiger partial charge in [0.25, 0.3) is 0 Å². The maximum Gasteiger partial charge on any atom is 0.240 e. The van der Waals surface area contributed by atoms with Crippen molar-refractivity contribution in [1.82, 2.24) is 4.72 Å². The average molecular weight is 311 g/mol. The molecule has 2 rings (SSSR count). The highest BCUT2D eigenvalue weighted by Gasteiger charge is 2.19. The van der Waals surface area contributed by atoms with E-state index in [4.69, 9.17) is 5.11 Å². The van der Waals surface area contributed by atoms with Crippen LogP contribution in [0.25, 0.3) is 0 Å². The lowest BCUT2D eigenvalue weighted by molar-refractivity contribution is 0.350. The summed E-state index contributed by atoms with van der Waals surface area (Å²) in [4.78, 5) is 0.245. The number of hydrogen-bond donors (Lipinski definition) is 2. The van der Waals surface area contributed by atoms with E-state index in [0.717, 1.165) is 18.6 Å². The molecule has 2 N–H and O–H groups in total. The molecule has 20 heavy (non-hydrogen) atoms. The number of sulfonamides is 1. The minimum absolute atomic E-state index is 0.208. The third-order valence-corrected chi connectivity index (χ3v) is 5.84. The molecule has 0 spiro atoms. The Bertz CT molecular complexity index is 594. The minimum Gasteiger partial charge on any atom is -0.384 e. The van der Waals surface area contributed by atoms with Gasteiger partial charge in [-0.1, -0.05) is 11.8 Å². The maximum atomic E-state index is 12.1. The van der Waals surface area contributed by atoms with Gasteiger partial charge in [0.05, 0.1) is 4.90 Å². The zero-order chi connectivity index (χ0) is 14.4. The van der Waals surface area contributed by atoms with Crippen LogP contribution in [0.15, 0.2) is 29.2 Å². The summed E-state index contributed by atoms with van der Waals surface area (Å²) in [7, 11) is -3.45. The number of nitrogens with one attached hydrogen (secondary N) is 1. The van der Waals surface area contributed by atoms with Crippen LogP contribution in [-0.2, 0) is 10.0 Å². The Morgan fingerprint density at radius 3 is 2.70 bits per heavy atom. The third kappa shape index (κ3) is 4.25. The van der Waals surface area contributed by atoms with E-state index in [0.29, 0.717) is 17.4 Å². The smallest absolute Gasteiger partial charge is 0.240 e. The number of rotatable bonds is 4. The Hall–Kier alpha value is -1.00. The second-order valence-electron chi connectivity index (χ2n) is 4.47. The lowest BCUT2D eigenvalue weighted by Crippen LogP contribution is -2.29. The van der Waals surface area contributed by atoms with E-state index in [1.165, 1.54) is 12.1 Å². The van der Waals surface area contributed by atoms with Crippen LogP contribution >= 0.6 is 11.8 Å². The van der Waals surface area contributed by atoms with Crippen LogP contribution in [0.5, 0.6) is 0 Å². The molecule has 1 heterocycles. The van der Waals surface area contributed by atoms with Gasteiger partial charge >= 0.3 is 0 Å². The predicted molar refractivity (Wildman–Crippen MR) is 81.1 cm³/mol. The largest absolute Gasteiger partial charge is 0.384 e. The van der Waals surface area contributed by atoms with Crippen molar-refractivity contribution in [1.29, 1.82) is 0 Å². The normalized spacial score (nSPS) is 18.6. The molecule has 0 bridgehead atoms. The predicted octanol–water partition coefficient (Wildman–Crippen LogP) is 1.20. The summed E-state index contributed by atoms with van der Waals surface area (Å²) < 4.78 is 26.9. The summed E-state index contributed by atoms with van der Waals surface area (Å²) in [6, 6.07) is 6.35. The Balaban J connectivity index is 2.01. The highest BCUT2D eigenvalue weighted by atomic mass is 32.2. The fourth-order valence-electron chi connectivity index (χ4n) is 1.95. The Labute approximate surface area is 124 Å². The van der Waals surface area contributed by atoms with Gasteiger partial charge in [0, 0.05) is 17.4 Å². The zero-order valence-electron chi connectivity index (χ0n) is 11.0. The monoisotopic (exact) mass is 311 g/mol. The van der Waals surface area contributed by atoms with Gasteiger partial charge in [-0.15, -0.1) is 0 Å². The van der Waals surface area contributed by atoms with Crippen LogP contribution in [0.4, 0.5) is 0 Å². The lowest BCUT2D eigenvalue weighted by Gasteiger charge is -2.10. The molecule has 1 aromatic carbocycles. The molecular weight excluding hydrogens is 294 g/mol. The van der Waals surface area contributed by atoms with Gasteiger partial charge < -0.3 is 5.11 Å². The van der Waals surface area contributed by atoms with E-state index in [2.05, 4.69) is 16.6 Å². The van der Waals surface area contributed by atoms with Gasteiger partial charge in [-0.3, -0.25) is 0 Å². The van der Waals surface area contributed by atoms with Gasteiger partial charge in [-0.25, -0.2) is 13.1 Å². The molecule has 108 valence electrons. The minimum atomic E-state index is -3.45. The van der Waals surface area contributed by atoms with Crippen molar-refractivity contribution < 1.29 is 13.5 Å². The Morgan fingerprint density at radius 2 is 2.10 bits per heavy atom. The summed E-state index contributed by atoms with van der Waals surface area (Å²) in [6.45, 7) is 0.278. The van der Waals surface area contributed by atoms with E-state index >= 15 is 0 Å². The van der Waals surface area contributed by atoms with E-state index in [1.807, 2.05) is 11.8 Å². The van der Waals surface area contributed by atoms with Crippen LogP contribution in [0.2, 0.25) is 0 Å². The van der Waals surface area contributed by atoms with E-state index in [9.17, 15) is 8.42 Å². The van der Waals surface area contributed by atoms with Crippen LogP contribution in [-0.4, -0.2) is 37.7 Å². The van der Waals surface area contributed by atoms with Gasteiger partial charge in [0.1, 0.15) is 6.61 Å². The number of benzene rings is 1. The third-order valence-electron chi connectivity index (χ3n) is 3.00. The van der Waals surface area contributed by atoms with Crippen molar-refractivity contribution in [3.8, 4) is 11.8 Å². The van der Waals surface area contributed by atoms with Crippen molar-refractivity contribution in [2.75, 3.05) is 18.9 Å². The molecule has 6 heteroatoms. The van der Waals surface area contributed by atoms with Crippen molar-refractivity contribution in [3.63, 3.8) is 0 Å². The number of aliphatic hydroxyl groups excluding tert-OH is 1. The van der Waals surface area contributed by atoms with Crippen LogP contribution < -0.4 is 4.72 Å². The molecule has 1 unspecified atom stereocenters. The highest BCUT2D eigenvalue weighted by Crippen LogP contribution is 2.25. The number of thioether (sulfide) groups is 1. The lowest BCUT2D eigenvalue weighted by atomic mass is 10.2. The molecule has 4 nitrogen and oxygen atoms in total. The molecule has 1 saturated heterocycles. The topological polar surface area (TPSA) is 66.4 Å². The Morgan fingerprint density at radius 1 is 1.35 bits per heavy atom. The molecule has 0 aliphatic carbocycles. The molecule has 1 atom stereocenters. The van der Waals surface area contributed by atoms with E-state index in [1.54, 1.807) is 12.1 Å². The van der Waals surface area contributed by atoms with Crippen molar-refractivity contribution in [2.24, 2.45) is 0 Å². The first-order valence-electron chi connectivity index (χ1n) is 6.43. The van der Waals surface area contributed by atoms with E-state index < -0.39 is 10.0 Å². The average Bonchev–Trinajstić information content (AvgIpc) is 2.97. The SMILES string of the molecule is O=S(=O)(NCC1CCCS1)c1ccc(C#CCO)cc1. The molecular formula is C14H17NO3S2. The molecule has 0 aromatic heterocycles. The standard InChI is InChI=1S/C14H17NO3S2/c16-9-1-3-12-5-7-14(8-6-12)20(17,18)15-11-13-4-2-10-19-13/h5-8,13,15-16H,2,4,9-11H2. The first kappa shape index (κ1) is 15.4. The van der Waals surface area contributed by atoms with Crippen molar-refractivity contribution in [3.05, 3.63) is 29.8 Å². The highest BCUT2D eigenvalue weighted by molar-refractivity contribution is 8.00. The summed E-state index contributed by atoms with van der Waals surface area (Å²) >= 11 is 1.82. The van der Waals surface area contributed by atoms with Crippen LogP contribution in [0.1, 0.15) is 18.4 Å². The van der Waals surface area contributed by atoms with Crippen LogP contribution in [0, 0.1) is 11.8 Å². The molecule has 0 saturated carbocycles. The fourth-order valence-corrected chi connectivity index (χ4v) is 4.34. The van der Waals surface area contributed by atoms with E-state index in [-0.39, 0.29) is 11.5 Å². The molecule has 0 amide bonds. The number of aliphatic hydroxyl groups is 1. The van der Waals surface area contributed by atoms with Gasteiger partial charge in [-0.2, -0.15) is 11.8 Å². The van der Waals surface area contributed by atoms with Gasteiger partial charge in [-0.05, 0) is 42.9 Å². The number of hydrogen-bond acceptors (Lipinski definition) is 4. The molecule has 1 fully saturated rings. The van der Waals surface area contributed by atoms with Crippen molar-refractivity contribution >= 4 is 21.8 Å². The first-order valence-corrected chi connectivity index (χ1v) is 8.96. The second-order valence-corrected chi connectivity index (χ2v) is 7.65. The summed E-state index contributed by atoms with van der Waals surface area (Å²) in [5.74, 6) is 6.37. The molecule has 0 radical (unpaired) electrons. The molecule has 1 aromatic rings. The van der Waals surface area contributed by atoms with Gasteiger partial charge in [0.2, 0.25) is 10.0 Å². The quantitative estimate of drug-likeness (QED) is 0.820. The fraction of sp³-hybridized carbons (Fsp3) is 0.429. The summed E-state index contributed by atoms with van der Waals surface area (Å²) in [5, 5.41) is 8.99. The van der Waals surface area contributed by atoms with Gasteiger partial charge in [0.15, 0.2) is 0 Å². The maximum absolute atomic E-state index is 12.1. The summed E-state index contributed by atoms with van der Waals surface area (Å²) in [5.41, 5.74) is 0.685.